The Morgan fingerprint density at radius 2 is 2.31 bits per heavy atom. The number of methoxy groups -OCH3 is 1. The minimum absolute atomic E-state index is 0.129. The van der Waals surface area contributed by atoms with E-state index in [1.807, 2.05) is 6.92 Å². The summed E-state index contributed by atoms with van der Waals surface area (Å²) in [6.45, 7) is 1.85. The maximum Gasteiger partial charge on any atom is 0.311 e. The van der Waals surface area contributed by atoms with Crippen molar-refractivity contribution in [2.24, 2.45) is 0 Å². The van der Waals surface area contributed by atoms with Gasteiger partial charge in [0.2, 0.25) is 0 Å². The standard InChI is InChI=1S/C9H12N2O2/c1-6-3-4-7(10)8(11-6)5-9(12)13-2/h3-4H,5,10H2,1-2H3. The number of carbonyl (C=O) groups excluding carboxylic acids is 1. The molecule has 0 amide bonds. The molecule has 1 rings (SSSR count). The molecule has 0 fully saturated rings. The summed E-state index contributed by atoms with van der Waals surface area (Å²) < 4.78 is 4.51. The lowest BCUT2D eigenvalue weighted by molar-refractivity contribution is -0.139. The molecule has 13 heavy (non-hydrogen) atoms. The van der Waals surface area contributed by atoms with Crippen molar-refractivity contribution < 1.29 is 9.53 Å². The molecule has 0 aromatic carbocycles. The van der Waals surface area contributed by atoms with E-state index >= 15 is 0 Å². The quantitative estimate of drug-likeness (QED) is 0.680. The van der Waals surface area contributed by atoms with Crippen molar-refractivity contribution >= 4 is 11.7 Å². The predicted octanol–water partition coefficient (Wildman–Crippen LogP) is 0.688. The van der Waals surface area contributed by atoms with Gasteiger partial charge in [0, 0.05) is 5.69 Å². The number of esters is 1. The number of anilines is 1. The molecule has 1 heterocycles. The van der Waals surface area contributed by atoms with Crippen LogP contribution in [0.25, 0.3) is 0 Å². The van der Waals surface area contributed by atoms with E-state index < -0.39 is 0 Å². The topological polar surface area (TPSA) is 65.2 Å². The highest BCUT2D eigenvalue weighted by atomic mass is 16.5. The number of nitrogens with two attached hydrogens (primary N) is 1. The summed E-state index contributed by atoms with van der Waals surface area (Å²) in [4.78, 5) is 15.1. The number of pyridine rings is 1. The van der Waals surface area contributed by atoms with Crippen molar-refractivity contribution in [2.45, 2.75) is 13.3 Å². The zero-order valence-corrected chi connectivity index (χ0v) is 7.70. The van der Waals surface area contributed by atoms with Crippen LogP contribution in [0.15, 0.2) is 12.1 Å². The van der Waals surface area contributed by atoms with Crippen LogP contribution >= 0.6 is 0 Å². The first-order valence-electron chi connectivity index (χ1n) is 3.92. The van der Waals surface area contributed by atoms with Gasteiger partial charge in [-0.3, -0.25) is 9.78 Å². The first-order chi connectivity index (χ1) is 6.13. The Hall–Kier alpha value is -1.58. The summed E-state index contributed by atoms with van der Waals surface area (Å²) in [6, 6.07) is 3.54. The van der Waals surface area contributed by atoms with E-state index in [-0.39, 0.29) is 12.4 Å². The highest BCUT2D eigenvalue weighted by Crippen LogP contribution is 2.10. The van der Waals surface area contributed by atoms with E-state index in [1.54, 1.807) is 12.1 Å². The second-order valence-electron chi connectivity index (χ2n) is 2.74. The average molecular weight is 180 g/mol. The van der Waals surface area contributed by atoms with Crippen molar-refractivity contribution in [1.82, 2.24) is 4.98 Å². The lowest BCUT2D eigenvalue weighted by atomic mass is 10.2. The number of nitrogens with zero attached hydrogens (tertiary/aromatic N) is 1. The summed E-state index contributed by atoms with van der Waals surface area (Å²) in [7, 11) is 1.34. The molecule has 2 N–H and O–H groups in total. The first-order valence-corrected chi connectivity index (χ1v) is 3.92. The second-order valence-corrected chi connectivity index (χ2v) is 2.74. The molecule has 1 aromatic heterocycles. The van der Waals surface area contributed by atoms with E-state index in [2.05, 4.69) is 9.72 Å². The molecule has 0 bridgehead atoms. The van der Waals surface area contributed by atoms with Crippen molar-refractivity contribution in [3.63, 3.8) is 0 Å². The Labute approximate surface area is 76.7 Å². The van der Waals surface area contributed by atoms with E-state index in [0.717, 1.165) is 5.69 Å². The molecule has 0 atom stereocenters. The smallest absolute Gasteiger partial charge is 0.311 e. The number of hydrogen-bond donors (Lipinski definition) is 1. The molecule has 1 aromatic rings. The van der Waals surface area contributed by atoms with Crippen LogP contribution in [0, 0.1) is 6.92 Å². The predicted molar refractivity (Wildman–Crippen MR) is 49.1 cm³/mol. The molecular formula is C9H12N2O2. The molecule has 0 saturated carbocycles. The van der Waals surface area contributed by atoms with Crippen molar-refractivity contribution in [2.75, 3.05) is 12.8 Å². The minimum Gasteiger partial charge on any atom is -0.469 e. The summed E-state index contributed by atoms with van der Waals surface area (Å²) in [5, 5.41) is 0. The van der Waals surface area contributed by atoms with Gasteiger partial charge in [0.1, 0.15) is 0 Å². The number of aryl methyl sites for hydroxylation is 1. The molecule has 70 valence electrons. The van der Waals surface area contributed by atoms with E-state index in [1.165, 1.54) is 7.11 Å². The maximum atomic E-state index is 10.9. The molecule has 0 aliphatic heterocycles. The van der Waals surface area contributed by atoms with Gasteiger partial charge in [-0.25, -0.2) is 0 Å². The van der Waals surface area contributed by atoms with Crippen LogP contribution in [-0.2, 0) is 16.0 Å². The van der Waals surface area contributed by atoms with Crippen molar-refractivity contribution in [3.8, 4) is 0 Å². The number of aromatic nitrogens is 1. The number of carbonyl (C=O) groups is 1. The third kappa shape index (κ3) is 2.43. The molecule has 0 aliphatic rings. The van der Waals surface area contributed by atoms with Gasteiger partial charge in [-0.2, -0.15) is 0 Å². The Morgan fingerprint density at radius 1 is 1.62 bits per heavy atom. The molecule has 4 nitrogen and oxygen atoms in total. The highest BCUT2D eigenvalue weighted by Gasteiger charge is 2.07. The lowest BCUT2D eigenvalue weighted by Crippen LogP contribution is -2.09. The van der Waals surface area contributed by atoms with Crippen molar-refractivity contribution in [3.05, 3.63) is 23.5 Å². The maximum absolute atomic E-state index is 10.9. The zero-order chi connectivity index (χ0) is 9.84. The van der Waals surface area contributed by atoms with Gasteiger partial charge in [0.25, 0.3) is 0 Å². The van der Waals surface area contributed by atoms with E-state index in [4.69, 9.17) is 5.73 Å². The van der Waals surface area contributed by atoms with Gasteiger partial charge in [0.15, 0.2) is 0 Å². The van der Waals surface area contributed by atoms with Gasteiger partial charge in [-0.05, 0) is 19.1 Å². The highest BCUT2D eigenvalue weighted by molar-refractivity contribution is 5.73. The van der Waals surface area contributed by atoms with Crippen LogP contribution in [0.1, 0.15) is 11.4 Å². The van der Waals surface area contributed by atoms with Crippen LogP contribution in [0.5, 0.6) is 0 Å². The van der Waals surface area contributed by atoms with Gasteiger partial charge in [0.05, 0.1) is 24.9 Å². The second kappa shape index (κ2) is 3.89. The lowest BCUT2D eigenvalue weighted by Gasteiger charge is -2.03. The fourth-order valence-corrected chi connectivity index (χ4v) is 0.972. The Morgan fingerprint density at radius 3 is 2.92 bits per heavy atom. The van der Waals surface area contributed by atoms with Crippen LogP contribution in [0.4, 0.5) is 5.69 Å². The summed E-state index contributed by atoms with van der Waals surface area (Å²) >= 11 is 0. The van der Waals surface area contributed by atoms with Crippen LogP contribution in [-0.4, -0.2) is 18.1 Å². The summed E-state index contributed by atoms with van der Waals surface area (Å²) in [6.07, 6.45) is 0.129. The fourth-order valence-electron chi connectivity index (χ4n) is 0.972. The Balaban J connectivity index is 2.87. The molecule has 0 radical (unpaired) electrons. The molecule has 0 aliphatic carbocycles. The van der Waals surface area contributed by atoms with Gasteiger partial charge in [-0.15, -0.1) is 0 Å². The summed E-state index contributed by atoms with van der Waals surface area (Å²) in [5.74, 6) is -0.329. The number of rotatable bonds is 2. The molecule has 4 heteroatoms. The molecule has 0 spiro atoms. The van der Waals surface area contributed by atoms with E-state index in [0.29, 0.717) is 11.4 Å². The van der Waals surface area contributed by atoms with Gasteiger partial charge in [-0.1, -0.05) is 0 Å². The zero-order valence-electron chi connectivity index (χ0n) is 7.70. The fraction of sp³-hybridized carbons (Fsp3) is 0.333. The normalized spacial score (nSPS) is 9.69. The molecule has 0 unspecified atom stereocenters. The Bertz CT molecular complexity index is 323. The third-order valence-electron chi connectivity index (χ3n) is 1.69. The monoisotopic (exact) mass is 180 g/mol. The SMILES string of the molecule is COC(=O)Cc1nc(C)ccc1N. The molecule has 0 saturated heterocycles. The number of ether oxygens (including phenoxy) is 1. The van der Waals surface area contributed by atoms with Crippen LogP contribution < -0.4 is 5.73 Å². The van der Waals surface area contributed by atoms with Crippen LogP contribution in [0.2, 0.25) is 0 Å². The average Bonchev–Trinajstić information content (AvgIpc) is 2.11. The number of nitrogen functional groups attached to an aromatic ring is 1. The van der Waals surface area contributed by atoms with Gasteiger partial charge >= 0.3 is 5.97 Å². The molecular weight excluding hydrogens is 168 g/mol. The number of hydrogen-bond acceptors (Lipinski definition) is 4. The minimum atomic E-state index is -0.329. The van der Waals surface area contributed by atoms with Crippen molar-refractivity contribution in [1.29, 1.82) is 0 Å². The van der Waals surface area contributed by atoms with Crippen LogP contribution in [0.3, 0.4) is 0 Å². The van der Waals surface area contributed by atoms with Gasteiger partial charge < -0.3 is 10.5 Å². The largest absolute Gasteiger partial charge is 0.469 e. The Kier molecular flexibility index (Phi) is 2.84. The first kappa shape index (κ1) is 9.51. The van der Waals surface area contributed by atoms with E-state index in [9.17, 15) is 4.79 Å². The summed E-state index contributed by atoms with van der Waals surface area (Å²) in [5.41, 5.74) is 7.56. The third-order valence-corrected chi connectivity index (χ3v) is 1.69.